The number of hydrogen-bond acceptors (Lipinski definition) is 2. The molecule has 0 aliphatic carbocycles. The molecule has 0 unspecified atom stereocenters. The van der Waals surface area contributed by atoms with Crippen molar-refractivity contribution in [2.24, 2.45) is 0 Å². The minimum absolute atomic E-state index is 0.168. The van der Waals surface area contributed by atoms with Crippen LogP contribution in [0.4, 0.5) is 18.9 Å². The number of aromatic nitrogens is 1. The molecule has 0 atom stereocenters. The van der Waals surface area contributed by atoms with Crippen LogP contribution in [-0.2, 0) is 17.5 Å². The van der Waals surface area contributed by atoms with Crippen LogP contribution in [0.1, 0.15) is 27.8 Å². The van der Waals surface area contributed by atoms with Crippen molar-refractivity contribution in [2.75, 3.05) is 11.9 Å². The maximum atomic E-state index is 13.1. The van der Waals surface area contributed by atoms with E-state index in [1.54, 1.807) is 6.08 Å². The maximum Gasteiger partial charge on any atom is 0.416 e. The van der Waals surface area contributed by atoms with Crippen LogP contribution >= 0.6 is 0 Å². The molecule has 0 bridgehead atoms. The van der Waals surface area contributed by atoms with Crippen molar-refractivity contribution in [1.29, 1.82) is 0 Å². The number of amides is 1. The van der Waals surface area contributed by atoms with Crippen LogP contribution in [0.3, 0.4) is 0 Å². The number of nitrogens with zero attached hydrogens (tertiary/aromatic N) is 1. The van der Waals surface area contributed by atoms with Crippen LogP contribution in [0, 0.1) is 13.8 Å². The lowest BCUT2D eigenvalue weighted by atomic mass is 10.0. The summed E-state index contributed by atoms with van der Waals surface area (Å²) in [5.74, 6) is 0.427. The maximum absolute atomic E-state index is 13.1. The van der Waals surface area contributed by atoms with E-state index in [1.807, 2.05) is 62.5 Å². The molecule has 5 rings (SSSR count). The fourth-order valence-corrected chi connectivity index (χ4v) is 4.36. The average molecular weight is 476 g/mol. The first-order valence-electron chi connectivity index (χ1n) is 11.2. The first-order chi connectivity index (χ1) is 16.7. The van der Waals surface area contributed by atoms with Crippen LogP contribution in [-0.4, -0.2) is 17.1 Å². The molecule has 4 aromatic rings. The SMILES string of the molecule is Cc1ccc(C)c(OCCn2cc(/C=C3/C(=O)Nc4cc(C(F)(F)F)ccc43)c3ccccc32)c1. The van der Waals surface area contributed by atoms with Crippen molar-refractivity contribution < 1.29 is 22.7 Å². The fraction of sp³-hybridized carbons (Fsp3) is 0.179. The summed E-state index contributed by atoms with van der Waals surface area (Å²) < 4.78 is 47.3. The van der Waals surface area contributed by atoms with E-state index in [-0.39, 0.29) is 5.69 Å². The number of fused-ring (bicyclic) bond motifs is 2. The zero-order valence-corrected chi connectivity index (χ0v) is 19.2. The van der Waals surface area contributed by atoms with Gasteiger partial charge in [-0.05, 0) is 55.3 Å². The highest BCUT2D eigenvalue weighted by molar-refractivity contribution is 6.35. The second kappa shape index (κ2) is 8.65. The van der Waals surface area contributed by atoms with Gasteiger partial charge in [0.15, 0.2) is 0 Å². The Kier molecular flexibility index (Phi) is 5.63. The molecular formula is C28H23F3N2O2. The van der Waals surface area contributed by atoms with Crippen molar-refractivity contribution in [3.05, 3.63) is 94.7 Å². The normalized spacial score (nSPS) is 14.4. The Morgan fingerprint density at radius 3 is 2.63 bits per heavy atom. The predicted molar refractivity (Wildman–Crippen MR) is 131 cm³/mol. The molecule has 1 aliphatic rings. The second-order valence-electron chi connectivity index (χ2n) is 8.68. The molecule has 3 aromatic carbocycles. The van der Waals surface area contributed by atoms with Crippen LogP contribution in [0.15, 0.2) is 66.9 Å². The summed E-state index contributed by atoms with van der Waals surface area (Å²) in [4.78, 5) is 12.6. The molecule has 0 fully saturated rings. The number of carbonyl (C=O) groups excluding carboxylic acids is 1. The van der Waals surface area contributed by atoms with Crippen molar-refractivity contribution in [1.82, 2.24) is 4.57 Å². The Morgan fingerprint density at radius 2 is 1.83 bits per heavy atom. The molecular weight excluding hydrogens is 453 g/mol. The lowest BCUT2D eigenvalue weighted by Gasteiger charge is -2.11. The number of alkyl halides is 3. The van der Waals surface area contributed by atoms with E-state index in [0.29, 0.717) is 24.3 Å². The zero-order valence-electron chi connectivity index (χ0n) is 19.2. The molecule has 1 amide bonds. The monoisotopic (exact) mass is 476 g/mol. The van der Waals surface area contributed by atoms with Gasteiger partial charge in [0.2, 0.25) is 0 Å². The van der Waals surface area contributed by atoms with Gasteiger partial charge in [-0.15, -0.1) is 0 Å². The van der Waals surface area contributed by atoms with E-state index in [9.17, 15) is 18.0 Å². The molecule has 2 heterocycles. The smallest absolute Gasteiger partial charge is 0.416 e. The van der Waals surface area contributed by atoms with Gasteiger partial charge in [-0.1, -0.05) is 36.4 Å². The minimum atomic E-state index is -4.47. The highest BCUT2D eigenvalue weighted by Crippen LogP contribution is 2.39. The minimum Gasteiger partial charge on any atom is -0.491 e. The van der Waals surface area contributed by atoms with E-state index < -0.39 is 17.6 Å². The molecule has 1 aliphatic heterocycles. The number of anilines is 1. The molecule has 0 spiro atoms. The summed E-state index contributed by atoms with van der Waals surface area (Å²) in [6, 6.07) is 17.2. The van der Waals surface area contributed by atoms with Gasteiger partial charge in [0, 0.05) is 39.5 Å². The summed E-state index contributed by atoms with van der Waals surface area (Å²) in [6.45, 7) is 5.08. The predicted octanol–water partition coefficient (Wildman–Crippen LogP) is 6.85. The number of benzene rings is 3. The van der Waals surface area contributed by atoms with E-state index in [0.717, 1.165) is 45.5 Å². The molecule has 35 heavy (non-hydrogen) atoms. The number of nitrogens with one attached hydrogen (secondary N) is 1. The van der Waals surface area contributed by atoms with Crippen molar-refractivity contribution in [3.8, 4) is 5.75 Å². The number of carbonyl (C=O) groups is 1. The molecule has 178 valence electrons. The van der Waals surface area contributed by atoms with E-state index in [1.165, 1.54) is 6.07 Å². The van der Waals surface area contributed by atoms with Crippen LogP contribution in [0.2, 0.25) is 0 Å². The average Bonchev–Trinajstić information content (AvgIpc) is 3.32. The van der Waals surface area contributed by atoms with Crippen LogP contribution in [0.25, 0.3) is 22.6 Å². The third-order valence-electron chi connectivity index (χ3n) is 6.18. The van der Waals surface area contributed by atoms with Gasteiger partial charge in [-0.25, -0.2) is 0 Å². The summed E-state index contributed by atoms with van der Waals surface area (Å²) in [6.07, 6.45) is -0.795. The number of aryl methyl sites for hydroxylation is 2. The molecule has 1 N–H and O–H groups in total. The van der Waals surface area contributed by atoms with Crippen molar-refractivity contribution in [2.45, 2.75) is 26.6 Å². The third kappa shape index (κ3) is 4.41. The third-order valence-corrected chi connectivity index (χ3v) is 6.18. The summed E-state index contributed by atoms with van der Waals surface area (Å²) in [5.41, 5.74) is 4.16. The molecule has 1 aromatic heterocycles. The first-order valence-corrected chi connectivity index (χ1v) is 11.2. The highest BCUT2D eigenvalue weighted by Gasteiger charge is 2.33. The zero-order chi connectivity index (χ0) is 24.7. The lowest BCUT2D eigenvalue weighted by Crippen LogP contribution is -2.08. The summed E-state index contributed by atoms with van der Waals surface area (Å²) in [5, 5.41) is 3.51. The van der Waals surface area contributed by atoms with E-state index in [2.05, 4.69) is 9.88 Å². The Morgan fingerprint density at radius 1 is 1.03 bits per heavy atom. The highest BCUT2D eigenvalue weighted by atomic mass is 19.4. The molecule has 0 radical (unpaired) electrons. The first kappa shape index (κ1) is 22.8. The van der Waals surface area contributed by atoms with Gasteiger partial charge >= 0.3 is 6.18 Å². The largest absolute Gasteiger partial charge is 0.491 e. The van der Waals surface area contributed by atoms with Gasteiger partial charge in [-0.2, -0.15) is 13.2 Å². The van der Waals surface area contributed by atoms with Gasteiger partial charge in [0.05, 0.1) is 12.1 Å². The second-order valence-corrected chi connectivity index (χ2v) is 8.68. The van der Waals surface area contributed by atoms with Gasteiger partial charge in [-0.3, -0.25) is 4.79 Å². The molecule has 7 heteroatoms. The quantitative estimate of drug-likeness (QED) is 0.320. The van der Waals surface area contributed by atoms with E-state index in [4.69, 9.17) is 4.74 Å². The Bertz CT molecular complexity index is 1480. The number of hydrogen-bond donors (Lipinski definition) is 1. The Labute approximate surface area is 200 Å². The number of para-hydroxylation sites is 1. The Balaban J connectivity index is 1.45. The molecule has 0 saturated heterocycles. The summed E-state index contributed by atoms with van der Waals surface area (Å²) in [7, 11) is 0. The summed E-state index contributed by atoms with van der Waals surface area (Å²) >= 11 is 0. The van der Waals surface area contributed by atoms with Crippen molar-refractivity contribution in [3.63, 3.8) is 0 Å². The van der Waals surface area contributed by atoms with E-state index >= 15 is 0 Å². The molecule has 4 nitrogen and oxygen atoms in total. The van der Waals surface area contributed by atoms with Crippen molar-refractivity contribution >= 4 is 34.1 Å². The fourth-order valence-electron chi connectivity index (χ4n) is 4.36. The number of rotatable bonds is 5. The van der Waals surface area contributed by atoms with Gasteiger partial charge < -0.3 is 14.6 Å². The standard InChI is InChI=1S/C28H23F3N2O2/c1-17-7-8-18(2)26(13-17)35-12-11-33-16-19(21-5-3-4-6-25(21)33)14-23-22-10-9-20(28(29,30)31)15-24(22)32-27(23)34/h3-10,13-16H,11-12H2,1-2H3,(H,32,34)/b23-14+. The number of ether oxygens (including phenoxy) is 1. The topological polar surface area (TPSA) is 43.3 Å². The Hall–Kier alpha value is -4.00. The van der Waals surface area contributed by atoms with Gasteiger partial charge in [0.25, 0.3) is 5.91 Å². The number of halogens is 3. The molecule has 0 saturated carbocycles. The van der Waals surface area contributed by atoms with Crippen LogP contribution in [0.5, 0.6) is 5.75 Å². The lowest BCUT2D eigenvalue weighted by molar-refractivity contribution is -0.137. The van der Waals surface area contributed by atoms with Gasteiger partial charge in [0.1, 0.15) is 12.4 Å². The van der Waals surface area contributed by atoms with Crippen LogP contribution < -0.4 is 10.1 Å².